The smallest absolute Gasteiger partial charge is 0.444 e. The van der Waals surface area contributed by atoms with Crippen LogP contribution in [0.15, 0.2) is 75.9 Å². The average molecular weight is 904 g/mol. The molecule has 0 bridgehead atoms. The van der Waals surface area contributed by atoms with E-state index >= 15 is 0 Å². The number of fused-ring (bicyclic) bond motifs is 3. The number of halogens is 5. The number of anilines is 4. The second-order valence-electron chi connectivity index (χ2n) is 13.4. The molecule has 4 aromatic carbocycles. The zero-order valence-corrected chi connectivity index (χ0v) is 33.8. The summed E-state index contributed by atoms with van der Waals surface area (Å²) in [5.41, 5.74) is 4.66. The monoisotopic (exact) mass is 902 g/mol. The first-order chi connectivity index (χ1) is 29.4. The molecule has 0 spiro atoms. The summed E-state index contributed by atoms with van der Waals surface area (Å²) in [5, 5.41) is 60.7. The summed E-state index contributed by atoms with van der Waals surface area (Å²) in [7, 11) is 0. The van der Waals surface area contributed by atoms with Crippen molar-refractivity contribution in [3.63, 3.8) is 0 Å². The number of aromatic nitrogens is 10. The lowest BCUT2D eigenvalue weighted by Gasteiger charge is -2.10. The predicted octanol–water partition coefficient (Wildman–Crippen LogP) is 10.1. The van der Waals surface area contributed by atoms with Gasteiger partial charge in [-0.25, -0.2) is 9.97 Å². The van der Waals surface area contributed by atoms with Gasteiger partial charge >= 0.3 is 12.1 Å². The van der Waals surface area contributed by atoms with Crippen molar-refractivity contribution >= 4 is 100 Å². The van der Waals surface area contributed by atoms with E-state index in [0.29, 0.717) is 76.2 Å². The van der Waals surface area contributed by atoms with Crippen LogP contribution in [0.4, 0.5) is 34.8 Å². The van der Waals surface area contributed by atoms with Crippen LogP contribution < -0.4 is 10.6 Å². The van der Waals surface area contributed by atoms with Crippen LogP contribution in [0.25, 0.3) is 76.8 Å². The van der Waals surface area contributed by atoms with E-state index in [2.05, 4.69) is 61.4 Å². The third-order valence-electron chi connectivity index (χ3n) is 9.46. The largest absolute Gasteiger partial charge is 0.468 e. The lowest BCUT2D eigenvalue weighted by molar-refractivity contribution is -0.156. The summed E-state index contributed by atoms with van der Waals surface area (Å²) in [6.45, 7) is 1.28. The Bertz CT molecular complexity index is 3300. The molecule has 6 aromatic heterocycles. The maximum absolute atomic E-state index is 14.2. The van der Waals surface area contributed by atoms with Crippen molar-refractivity contribution in [3.05, 3.63) is 94.3 Å². The van der Waals surface area contributed by atoms with Crippen molar-refractivity contribution < 1.29 is 32.2 Å². The van der Waals surface area contributed by atoms with E-state index in [4.69, 9.17) is 32.0 Å². The first kappa shape index (κ1) is 38.7. The second kappa shape index (κ2) is 14.9. The number of aliphatic hydroxyl groups is 2. The molecule has 0 saturated carbocycles. The molecule has 1 atom stereocenters. The molecule has 16 nitrogen and oxygen atoms in total. The fourth-order valence-corrected chi connectivity index (χ4v) is 8.70. The molecule has 306 valence electrons. The zero-order valence-electron chi connectivity index (χ0n) is 30.6. The second-order valence-corrected chi connectivity index (χ2v) is 16.2. The molecule has 10 rings (SSSR count). The maximum Gasteiger partial charge on any atom is 0.468 e. The van der Waals surface area contributed by atoms with Crippen molar-refractivity contribution in [3.8, 4) is 43.9 Å². The highest BCUT2D eigenvalue weighted by Gasteiger charge is 2.39. The van der Waals surface area contributed by atoms with Crippen molar-refractivity contribution in [2.75, 3.05) is 17.2 Å². The lowest BCUT2D eigenvalue weighted by Crippen LogP contribution is -2.04. The van der Waals surface area contributed by atoms with Gasteiger partial charge in [-0.1, -0.05) is 45.9 Å². The van der Waals surface area contributed by atoms with Crippen LogP contribution in [-0.2, 0) is 6.18 Å². The van der Waals surface area contributed by atoms with Gasteiger partial charge in [0, 0.05) is 27.5 Å². The maximum atomic E-state index is 14.2. The first-order valence-corrected chi connectivity index (χ1v) is 20.2. The van der Waals surface area contributed by atoms with E-state index < -0.39 is 24.8 Å². The standard InChI is InChI=1S/C38H23Cl2F3N12O4S2/c1-14-13-58-32(45-14)16-8-15(25(57)12-56)9-17(10-16)33-52-54-36(60-33)47-24-7-5-22-26(28(24)40)29(51-50-22)18-2-3-19(31-30(18)48-35(59-31)38(41,42)43)34-53-55-37(61-34)46-23-6-4-21-20(27(23)39)11-44-49-21/h2-11,13,25,56-57H,12H2,1H3,(H,44,49)(H,46,55)(H,47,54)(H,50,51). The highest BCUT2D eigenvalue weighted by molar-refractivity contribution is 7.18. The van der Waals surface area contributed by atoms with E-state index in [1.54, 1.807) is 67.7 Å². The van der Waals surface area contributed by atoms with Gasteiger partial charge in [0.15, 0.2) is 10.6 Å². The van der Waals surface area contributed by atoms with E-state index in [0.717, 1.165) is 16.9 Å². The van der Waals surface area contributed by atoms with Gasteiger partial charge in [-0.2, -0.15) is 23.4 Å². The highest BCUT2D eigenvalue weighted by Crippen LogP contribution is 2.45. The Hall–Kier alpha value is -6.49. The first-order valence-electron chi connectivity index (χ1n) is 17.8. The quantitative estimate of drug-likeness (QED) is 0.0751. The molecule has 0 aliphatic heterocycles. The summed E-state index contributed by atoms with van der Waals surface area (Å²) in [4.78, 5) is 8.28. The van der Waals surface area contributed by atoms with Crippen LogP contribution in [0, 0.1) is 6.92 Å². The number of aliphatic hydroxyl groups excluding tert-OH is 2. The molecule has 0 amide bonds. The number of nitrogens with zero attached hydrogens (tertiary/aromatic N) is 8. The Labute approximate surface area is 356 Å². The van der Waals surface area contributed by atoms with Crippen LogP contribution >= 0.6 is 45.9 Å². The molecular formula is C38H23Cl2F3N12O4S2. The van der Waals surface area contributed by atoms with Gasteiger partial charge in [0.25, 0.3) is 0 Å². The third-order valence-corrected chi connectivity index (χ3v) is 12.0. The van der Waals surface area contributed by atoms with Crippen LogP contribution in [0.5, 0.6) is 0 Å². The van der Waals surface area contributed by atoms with Crippen molar-refractivity contribution in [1.82, 2.24) is 50.8 Å². The van der Waals surface area contributed by atoms with Gasteiger partial charge in [0.1, 0.15) is 28.6 Å². The van der Waals surface area contributed by atoms with Crippen molar-refractivity contribution in [2.24, 2.45) is 0 Å². The molecule has 10 aromatic rings. The van der Waals surface area contributed by atoms with Gasteiger partial charge in [0.2, 0.25) is 16.2 Å². The van der Waals surface area contributed by atoms with Crippen molar-refractivity contribution in [2.45, 2.75) is 19.2 Å². The minimum Gasteiger partial charge on any atom is -0.444 e. The zero-order chi connectivity index (χ0) is 42.2. The molecule has 0 saturated heterocycles. The number of aryl methyl sites for hydroxylation is 1. The summed E-state index contributed by atoms with van der Waals surface area (Å²) in [6, 6.07) is 15.2. The molecule has 0 fully saturated rings. The van der Waals surface area contributed by atoms with Crippen LogP contribution in [0.1, 0.15) is 23.3 Å². The number of benzene rings is 4. The third kappa shape index (κ3) is 6.99. The van der Waals surface area contributed by atoms with E-state index in [-0.39, 0.29) is 38.0 Å². The number of hydrogen-bond donors (Lipinski definition) is 6. The van der Waals surface area contributed by atoms with Gasteiger partial charge in [-0.15, -0.1) is 20.4 Å². The number of hydrogen-bond acceptors (Lipinski definition) is 16. The molecule has 6 heterocycles. The van der Waals surface area contributed by atoms with Crippen molar-refractivity contribution in [1.29, 1.82) is 0 Å². The van der Waals surface area contributed by atoms with E-state index in [1.807, 2.05) is 0 Å². The normalized spacial score (nSPS) is 12.6. The molecule has 0 aliphatic rings. The Morgan fingerprint density at radius 3 is 2.28 bits per heavy atom. The molecule has 0 radical (unpaired) electrons. The molecule has 1 unspecified atom stereocenters. The molecule has 61 heavy (non-hydrogen) atoms. The number of alkyl halides is 3. The van der Waals surface area contributed by atoms with Crippen LogP contribution in [-0.4, -0.2) is 67.6 Å². The Kier molecular flexibility index (Phi) is 9.45. The number of nitrogens with one attached hydrogen (secondary N) is 4. The molecular weight excluding hydrogens is 881 g/mol. The number of rotatable bonds is 10. The Morgan fingerprint density at radius 1 is 0.836 bits per heavy atom. The lowest BCUT2D eigenvalue weighted by atomic mass is 10.0. The van der Waals surface area contributed by atoms with Gasteiger partial charge in [-0.3, -0.25) is 10.2 Å². The topological polar surface area (TPSA) is 225 Å². The Balaban J connectivity index is 0.991. The van der Waals surface area contributed by atoms with Gasteiger partial charge in [-0.05, 0) is 67.1 Å². The molecule has 6 N–H and O–H groups in total. The number of aromatic amines is 2. The van der Waals surface area contributed by atoms with Gasteiger partial charge < -0.3 is 29.7 Å². The fourth-order valence-electron chi connectivity index (χ4n) is 6.62. The van der Waals surface area contributed by atoms with Crippen LogP contribution in [0.2, 0.25) is 10.0 Å². The fraction of sp³-hybridized carbons (Fsp3) is 0.105. The summed E-state index contributed by atoms with van der Waals surface area (Å²) in [5.74, 6) is -1.14. The SMILES string of the molecule is Cc1coc(-c2cc(-c3nnc(Nc4ccc5[nH]nc(-c6ccc(-c7nnc(Nc8ccc9[nH]ncc9c8Cl)s7)c7oc(C(F)(F)F)nc67)c5c4Cl)s3)cc(C(O)CO)c2)n1. The summed E-state index contributed by atoms with van der Waals surface area (Å²) in [6.07, 6.45) is -2.99. The predicted molar refractivity (Wildman–Crippen MR) is 223 cm³/mol. The van der Waals surface area contributed by atoms with E-state index in [1.165, 1.54) is 17.6 Å². The van der Waals surface area contributed by atoms with Crippen LogP contribution in [0.3, 0.4) is 0 Å². The minimum atomic E-state index is -4.91. The van der Waals surface area contributed by atoms with E-state index in [9.17, 15) is 23.4 Å². The average Bonchev–Trinajstić information content (AvgIpc) is 4.11. The summed E-state index contributed by atoms with van der Waals surface area (Å²) < 4.78 is 53.5. The Morgan fingerprint density at radius 2 is 1.54 bits per heavy atom. The minimum absolute atomic E-state index is 0.132. The van der Waals surface area contributed by atoms with Gasteiger partial charge in [0.05, 0.1) is 56.5 Å². The highest BCUT2D eigenvalue weighted by atomic mass is 35.5. The number of oxazole rings is 2. The molecule has 23 heteroatoms. The summed E-state index contributed by atoms with van der Waals surface area (Å²) >= 11 is 15.9. The molecule has 0 aliphatic carbocycles. The number of H-pyrrole nitrogens is 2.